The van der Waals surface area contributed by atoms with E-state index in [1.165, 1.54) is 0 Å². The van der Waals surface area contributed by atoms with Gasteiger partial charge in [-0.3, -0.25) is 5.41 Å². The number of nitrogens with two attached hydrogens (primary N) is 1. The van der Waals surface area contributed by atoms with Crippen LogP contribution in [0.3, 0.4) is 0 Å². The van der Waals surface area contributed by atoms with Crippen molar-refractivity contribution in [2.24, 2.45) is 5.73 Å². The van der Waals surface area contributed by atoms with Crippen LogP contribution in [0.2, 0.25) is 5.02 Å². The summed E-state index contributed by atoms with van der Waals surface area (Å²) < 4.78 is 0. The summed E-state index contributed by atoms with van der Waals surface area (Å²) in [4.78, 5) is 4.14. The average molecular weight is 230 g/mol. The van der Waals surface area contributed by atoms with Gasteiger partial charge < -0.3 is 5.73 Å². The third kappa shape index (κ3) is 2.62. The summed E-state index contributed by atoms with van der Waals surface area (Å²) >= 11 is 7.61. The number of hydrogen-bond acceptors (Lipinski definition) is 3. The lowest BCUT2D eigenvalue weighted by Gasteiger charge is -2.08. The number of nitrogens with one attached hydrogen (secondary N) is 1. The summed E-state index contributed by atoms with van der Waals surface area (Å²) in [6.07, 6.45) is 1.62. The molecule has 1 heterocycles. The van der Waals surface area contributed by atoms with E-state index in [1.54, 1.807) is 24.0 Å². The summed E-state index contributed by atoms with van der Waals surface area (Å²) in [6, 6.07) is 1.65. The molecular weight excluding hydrogens is 218 g/mol. The van der Waals surface area contributed by atoms with Crippen molar-refractivity contribution in [1.29, 1.82) is 5.41 Å². The molecule has 0 aliphatic rings. The van der Waals surface area contributed by atoms with Gasteiger partial charge in [0.15, 0.2) is 0 Å². The number of hydrogen-bond donors (Lipinski definition) is 2. The van der Waals surface area contributed by atoms with E-state index in [2.05, 4.69) is 18.8 Å². The molecule has 0 fully saturated rings. The molecule has 0 radical (unpaired) electrons. The Kier molecular flexibility index (Phi) is 3.77. The van der Waals surface area contributed by atoms with Gasteiger partial charge in [0.05, 0.1) is 5.02 Å². The predicted molar refractivity (Wildman–Crippen MR) is 61.3 cm³/mol. The first-order chi connectivity index (χ1) is 6.52. The number of rotatable bonds is 3. The molecular formula is C9H12ClN3S. The van der Waals surface area contributed by atoms with Crippen LogP contribution in [0.15, 0.2) is 17.3 Å². The van der Waals surface area contributed by atoms with Gasteiger partial charge in [0.1, 0.15) is 10.9 Å². The Hall–Kier alpha value is -0.740. The average Bonchev–Trinajstić information content (AvgIpc) is 2.07. The minimum absolute atomic E-state index is 0.0250. The fraction of sp³-hybridized carbons (Fsp3) is 0.333. The topological polar surface area (TPSA) is 62.8 Å². The predicted octanol–water partition coefficient (Wildman–Crippen LogP) is 2.52. The molecule has 0 spiro atoms. The van der Waals surface area contributed by atoms with Crippen LogP contribution < -0.4 is 5.73 Å². The number of aromatic nitrogens is 1. The largest absolute Gasteiger partial charge is 0.384 e. The van der Waals surface area contributed by atoms with Gasteiger partial charge >= 0.3 is 0 Å². The van der Waals surface area contributed by atoms with Crippen LogP contribution in [0.5, 0.6) is 0 Å². The summed E-state index contributed by atoms with van der Waals surface area (Å²) in [7, 11) is 0. The van der Waals surface area contributed by atoms with Crippen molar-refractivity contribution in [3.63, 3.8) is 0 Å². The normalized spacial score (nSPS) is 10.6. The quantitative estimate of drug-likeness (QED) is 0.476. The van der Waals surface area contributed by atoms with Crippen molar-refractivity contribution in [2.45, 2.75) is 24.1 Å². The third-order valence-electron chi connectivity index (χ3n) is 1.49. The van der Waals surface area contributed by atoms with E-state index in [0.717, 1.165) is 5.03 Å². The summed E-state index contributed by atoms with van der Waals surface area (Å²) in [5.74, 6) is -0.0250. The second-order valence-corrected chi connectivity index (χ2v) is 5.00. The Bertz CT molecular complexity index is 352. The van der Waals surface area contributed by atoms with Crippen LogP contribution in [0, 0.1) is 5.41 Å². The zero-order valence-corrected chi connectivity index (χ0v) is 9.62. The molecule has 0 bridgehead atoms. The Balaban J connectivity index is 3.07. The molecule has 0 aliphatic heterocycles. The fourth-order valence-corrected chi connectivity index (χ4v) is 2.07. The molecule has 0 atom stereocenters. The van der Waals surface area contributed by atoms with Crippen LogP contribution in [-0.2, 0) is 0 Å². The van der Waals surface area contributed by atoms with Gasteiger partial charge in [-0.15, -0.1) is 11.8 Å². The molecule has 1 aromatic rings. The van der Waals surface area contributed by atoms with Crippen molar-refractivity contribution in [1.82, 2.24) is 4.98 Å². The molecule has 3 N–H and O–H groups in total. The molecule has 5 heteroatoms. The first-order valence-electron chi connectivity index (χ1n) is 4.18. The van der Waals surface area contributed by atoms with Gasteiger partial charge in [-0.1, -0.05) is 25.4 Å². The molecule has 0 saturated carbocycles. The van der Waals surface area contributed by atoms with Gasteiger partial charge in [0.2, 0.25) is 0 Å². The van der Waals surface area contributed by atoms with Crippen molar-refractivity contribution >= 4 is 29.2 Å². The summed E-state index contributed by atoms with van der Waals surface area (Å²) in [5, 5.41) is 8.92. The van der Waals surface area contributed by atoms with Gasteiger partial charge in [-0.25, -0.2) is 4.98 Å². The highest BCUT2D eigenvalue weighted by Crippen LogP contribution is 2.30. The highest BCUT2D eigenvalue weighted by atomic mass is 35.5. The zero-order valence-electron chi connectivity index (χ0n) is 8.04. The molecule has 0 aliphatic carbocycles. The summed E-state index contributed by atoms with van der Waals surface area (Å²) in [5.41, 5.74) is 5.92. The van der Waals surface area contributed by atoms with Gasteiger partial charge in [0.25, 0.3) is 0 Å². The van der Waals surface area contributed by atoms with Crippen molar-refractivity contribution in [3.05, 3.63) is 22.8 Å². The fourth-order valence-electron chi connectivity index (χ4n) is 0.938. The first kappa shape index (κ1) is 11.3. The van der Waals surface area contributed by atoms with E-state index in [1.807, 2.05) is 0 Å². The number of nitrogens with zero attached hydrogens (tertiary/aromatic N) is 1. The third-order valence-corrected chi connectivity index (χ3v) is 2.99. The minimum Gasteiger partial charge on any atom is -0.384 e. The maximum absolute atomic E-state index is 7.31. The molecule has 0 saturated heterocycles. The number of pyridine rings is 1. The van der Waals surface area contributed by atoms with Gasteiger partial charge in [-0.05, 0) is 6.07 Å². The lowest BCUT2D eigenvalue weighted by molar-refractivity contribution is 1.07. The second-order valence-electron chi connectivity index (χ2n) is 3.06. The monoisotopic (exact) mass is 229 g/mol. The molecule has 1 rings (SSSR count). The molecule has 0 amide bonds. The van der Waals surface area contributed by atoms with E-state index in [-0.39, 0.29) is 5.84 Å². The second kappa shape index (κ2) is 4.66. The highest BCUT2D eigenvalue weighted by Gasteiger charge is 2.11. The SMILES string of the molecule is CC(C)Sc1nccc(C(=N)N)c1Cl. The van der Waals surface area contributed by atoms with Crippen molar-refractivity contribution in [3.8, 4) is 0 Å². The number of halogens is 1. The Morgan fingerprint density at radius 2 is 2.29 bits per heavy atom. The minimum atomic E-state index is -0.0250. The molecule has 0 aromatic carbocycles. The van der Waals surface area contributed by atoms with Crippen LogP contribution in [0.25, 0.3) is 0 Å². The smallest absolute Gasteiger partial charge is 0.124 e. The van der Waals surface area contributed by atoms with Crippen LogP contribution in [0.4, 0.5) is 0 Å². The van der Waals surface area contributed by atoms with Crippen LogP contribution in [-0.4, -0.2) is 16.1 Å². The van der Waals surface area contributed by atoms with E-state index in [4.69, 9.17) is 22.7 Å². The zero-order chi connectivity index (χ0) is 10.7. The molecule has 0 unspecified atom stereocenters. The van der Waals surface area contributed by atoms with Gasteiger partial charge in [0, 0.05) is 17.0 Å². The Morgan fingerprint density at radius 3 is 2.79 bits per heavy atom. The van der Waals surface area contributed by atoms with E-state index < -0.39 is 0 Å². The van der Waals surface area contributed by atoms with Crippen molar-refractivity contribution < 1.29 is 0 Å². The van der Waals surface area contributed by atoms with Crippen LogP contribution >= 0.6 is 23.4 Å². The first-order valence-corrected chi connectivity index (χ1v) is 5.43. The van der Waals surface area contributed by atoms with Crippen LogP contribution in [0.1, 0.15) is 19.4 Å². The van der Waals surface area contributed by atoms with E-state index >= 15 is 0 Å². The molecule has 14 heavy (non-hydrogen) atoms. The molecule has 1 aromatic heterocycles. The molecule has 3 nitrogen and oxygen atoms in total. The Morgan fingerprint density at radius 1 is 1.64 bits per heavy atom. The number of nitrogen functional groups attached to an aromatic ring is 1. The number of thioether (sulfide) groups is 1. The van der Waals surface area contributed by atoms with E-state index in [9.17, 15) is 0 Å². The molecule has 76 valence electrons. The Labute approximate surface area is 92.6 Å². The maximum atomic E-state index is 7.31. The maximum Gasteiger partial charge on any atom is 0.124 e. The lowest BCUT2D eigenvalue weighted by Crippen LogP contribution is -2.12. The summed E-state index contributed by atoms with van der Waals surface area (Å²) in [6.45, 7) is 4.12. The standard InChI is InChI=1S/C9H12ClN3S/c1-5(2)14-9-7(10)6(8(11)12)3-4-13-9/h3-5H,1-2H3,(H3,11,12). The highest BCUT2D eigenvalue weighted by molar-refractivity contribution is 7.99. The van der Waals surface area contributed by atoms with E-state index in [0.29, 0.717) is 15.8 Å². The van der Waals surface area contributed by atoms with Gasteiger partial charge in [-0.2, -0.15) is 0 Å². The lowest BCUT2D eigenvalue weighted by atomic mass is 10.2. The van der Waals surface area contributed by atoms with Crippen molar-refractivity contribution in [2.75, 3.05) is 0 Å². The number of amidine groups is 1.